The number of nitrogens with one attached hydrogen (secondary N) is 2. The van der Waals surface area contributed by atoms with Gasteiger partial charge in [-0.25, -0.2) is 4.90 Å². The number of anilines is 3. The molecule has 36 heavy (non-hydrogen) atoms. The van der Waals surface area contributed by atoms with Gasteiger partial charge in [-0.05, 0) is 60.5 Å². The van der Waals surface area contributed by atoms with Crippen LogP contribution in [-0.2, 0) is 14.4 Å². The van der Waals surface area contributed by atoms with Gasteiger partial charge in [0.1, 0.15) is 16.4 Å². The van der Waals surface area contributed by atoms with E-state index in [1.165, 1.54) is 16.7 Å². The van der Waals surface area contributed by atoms with Gasteiger partial charge >= 0.3 is 0 Å². The number of hydrogen-bond donors (Lipinski definition) is 2. The number of methoxy groups -OCH3 is 1. The average Bonchev–Trinajstić information content (AvgIpc) is 3.08. The summed E-state index contributed by atoms with van der Waals surface area (Å²) in [4.78, 5) is 41.3. The van der Waals surface area contributed by atoms with E-state index in [2.05, 4.69) is 10.6 Å². The molecule has 1 aliphatic rings. The Morgan fingerprint density at radius 2 is 1.64 bits per heavy atom. The second-order valence-electron chi connectivity index (χ2n) is 8.61. The van der Waals surface area contributed by atoms with Crippen LogP contribution in [0.4, 0.5) is 17.1 Å². The van der Waals surface area contributed by atoms with E-state index < -0.39 is 11.8 Å². The molecular weight excluding hydrogens is 474 g/mol. The number of carbonyl (C=O) groups excluding carboxylic acids is 3. The van der Waals surface area contributed by atoms with Crippen molar-refractivity contribution in [2.45, 2.75) is 25.2 Å². The molecule has 0 radical (unpaired) electrons. The Morgan fingerprint density at radius 3 is 2.31 bits per heavy atom. The highest BCUT2D eigenvalue weighted by Gasteiger charge is 2.40. The summed E-state index contributed by atoms with van der Waals surface area (Å²) in [6.07, 6.45) is 0.414. The number of hydrogen-bond acceptors (Lipinski definition) is 6. The van der Waals surface area contributed by atoms with Gasteiger partial charge in [0.15, 0.2) is 0 Å². The van der Waals surface area contributed by atoms with Gasteiger partial charge < -0.3 is 15.4 Å². The average molecular weight is 502 g/mol. The number of imide groups is 1. The summed E-state index contributed by atoms with van der Waals surface area (Å²) in [6, 6.07) is 23.2. The smallest absolute Gasteiger partial charge is 0.283 e. The molecule has 0 spiro atoms. The van der Waals surface area contributed by atoms with Crippen LogP contribution in [0, 0.1) is 5.92 Å². The van der Waals surface area contributed by atoms with Crippen LogP contribution in [-0.4, -0.2) is 24.8 Å². The summed E-state index contributed by atoms with van der Waals surface area (Å²) >= 11 is 1.18. The molecule has 1 aliphatic heterocycles. The van der Waals surface area contributed by atoms with E-state index in [-0.39, 0.29) is 22.4 Å². The maximum atomic E-state index is 13.5. The standard InChI is InChI=1S/C28H27N3O4S/c1-18(2)16-24(32)29-20-8-7-11-23(17-20)36-26-25(30-19-12-14-22(35-3)15-13-19)27(33)31(28(26)34)21-9-5-4-6-10-21/h4-15,17-18,30H,16H2,1-3H3,(H,29,32). The lowest BCUT2D eigenvalue weighted by Gasteiger charge is -2.15. The molecule has 3 amide bonds. The summed E-state index contributed by atoms with van der Waals surface area (Å²) in [7, 11) is 1.58. The third-order valence-corrected chi connectivity index (χ3v) is 6.42. The van der Waals surface area contributed by atoms with Gasteiger partial charge in [0, 0.05) is 22.7 Å². The van der Waals surface area contributed by atoms with Crippen molar-refractivity contribution in [1.82, 2.24) is 0 Å². The minimum atomic E-state index is -0.439. The summed E-state index contributed by atoms with van der Waals surface area (Å²) in [5, 5.41) is 6.03. The Bertz CT molecular complexity index is 1300. The molecule has 3 aromatic carbocycles. The maximum absolute atomic E-state index is 13.5. The number of ether oxygens (including phenoxy) is 1. The molecule has 0 atom stereocenters. The van der Waals surface area contributed by atoms with Gasteiger partial charge in [-0.1, -0.05) is 49.9 Å². The van der Waals surface area contributed by atoms with Gasteiger partial charge in [-0.3, -0.25) is 14.4 Å². The molecule has 0 unspecified atom stereocenters. The molecule has 184 valence electrons. The molecule has 0 aromatic heterocycles. The molecule has 7 nitrogen and oxygen atoms in total. The van der Waals surface area contributed by atoms with Crippen molar-refractivity contribution in [3.8, 4) is 5.75 Å². The maximum Gasteiger partial charge on any atom is 0.283 e. The van der Waals surface area contributed by atoms with E-state index >= 15 is 0 Å². The number of amides is 3. The minimum absolute atomic E-state index is 0.0735. The number of carbonyl (C=O) groups is 3. The van der Waals surface area contributed by atoms with Gasteiger partial charge in [0.2, 0.25) is 5.91 Å². The molecule has 0 saturated heterocycles. The lowest BCUT2D eigenvalue weighted by molar-refractivity contribution is -0.120. The largest absolute Gasteiger partial charge is 0.497 e. The molecule has 8 heteroatoms. The van der Waals surface area contributed by atoms with Crippen molar-refractivity contribution in [2.75, 3.05) is 22.6 Å². The number of para-hydroxylation sites is 1. The normalized spacial score (nSPS) is 13.4. The van der Waals surface area contributed by atoms with Crippen molar-refractivity contribution < 1.29 is 19.1 Å². The number of rotatable bonds is 9. The van der Waals surface area contributed by atoms with E-state index in [0.29, 0.717) is 29.2 Å². The van der Waals surface area contributed by atoms with E-state index in [1.807, 2.05) is 26.0 Å². The highest BCUT2D eigenvalue weighted by molar-refractivity contribution is 8.04. The van der Waals surface area contributed by atoms with Crippen molar-refractivity contribution in [2.24, 2.45) is 5.92 Å². The zero-order valence-corrected chi connectivity index (χ0v) is 21.1. The Morgan fingerprint density at radius 1 is 0.917 bits per heavy atom. The van der Waals surface area contributed by atoms with Crippen LogP contribution >= 0.6 is 11.8 Å². The summed E-state index contributed by atoms with van der Waals surface area (Å²) in [5.41, 5.74) is 1.96. The van der Waals surface area contributed by atoms with Gasteiger partial charge in [0.25, 0.3) is 11.8 Å². The summed E-state index contributed by atoms with van der Waals surface area (Å²) < 4.78 is 5.21. The van der Waals surface area contributed by atoms with Crippen molar-refractivity contribution in [1.29, 1.82) is 0 Å². The second-order valence-corrected chi connectivity index (χ2v) is 9.70. The van der Waals surface area contributed by atoms with Gasteiger partial charge in [-0.15, -0.1) is 0 Å². The van der Waals surface area contributed by atoms with Crippen LogP contribution in [0.5, 0.6) is 5.75 Å². The fourth-order valence-electron chi connectivity index (χ4n) is 3.68. The predicted octanol–water partition coefficient (Wildman–Crippen LogP) is 5.67. The molecule has 3 aromatic rings. The van der Waals surface area contributed by atoms with Crippen molar-refractivity contribution in [3.63, 3.8) is 0 Å². The monoisotopic (exact) mass is 501 g/mol. The Kier molecular flexibility index (Phi) is 7.75. The Hall–Kier alpha value is -4.04. The number of benzene rings is 3. The van der Waals surface area contributed by atoms with Crippen LogP contribution < -0.4 is 20.3 Å². The zero-order valence-electron chi connectivity index (χ0n) is 20.3. The van der Waals surface area contributed by atoms with Gasteiger partial charge in [0.05, 0.1) is 12.8 Å². The molecule has 2 N–H and O–H groups in total. The molecule has 0 bridgehead atoms. The van der Waals surface area contributed by atoms with E-state index in [1.54, 1.807) is 73.8 Å². The fourth-order valence-corrected chi connectivity index (χ4v) is 4.67. The molecule has 1 heterocycles. The van der Waals surface area contributed by atoms with E-state index in [9.17, 15) is 14.4 Å². The minimum Gasteiger partial charge on any atom is -0.497 e. The lowest BCUT2D eigenvalue weighted by atomic mass is 10.1. The van der Waals surface area contributed by atoms with Crippen LogP contribution in [0.3, 0.4) is 0 Å². The topological polar surface area (TPSA) is 87.7 Å². The van der Waals surface area contributed by atoms with E-state index in [4.69, 9.17) is 4.74 Å². The molecule has 0 fully saturated rings. The van der Waals surface area contributed by atoms with Crippen LogP contribution in [0.25, 0.3) is 0 Å². The highest BCUT2D eigenvalue weighted by atomic mass is 32.2. The Balaban J connectivity index is 1.65. The van der Waals surface area contributed by atoms with Gasteiger partial charge in [-0.2, -0.15) is 0 Å². The van der Waals surface area contributed by atoms with E-state index in [0.717, 1.165) is 4.90 Å². The molecule has 4 rings (SSSR count). The second kappa shape index (κ2) is 11.1. The summed E-state index contributed by atoms with van der Waals surface area (Å²) in [6.45, 7) is 3.97. The molecule has 0 aliphatic carbocycles. The lowest BCUT2D eigenvalue weighted by Crippen LogP contribution is -2.32. The third-order valence-electron chi connectivity index (χ3n) is 5.35. The first-order valence-corrected chi connectivity index (χ1v) is 12.3. The van der Waals surface area contributed by atoms with Crippen LogP contribution in [0.2, 0.25) is 0 Å². The fraction of sp³-hybridized carbons (Fsp3) is 0.179. The first-order chi connectivity index (χ1) is 17.4. The summed E-state index contributed by atoms with van der Waals surface area (Å²) in [5.74, 6) is -0.00597. The quantitative estimate of drug-likeness (QED) is 0.368. The number of nitrogens with zero attached hydrogens (tertiary/aromatic N) is 1. The molecule has 0 saturated carbocycles. The first-order valence-electron chi connectivity index (χ1n) is 11.5. The SMILES string of the molecule is COc1ccc(NC2=C(Sc3cccc(NC(=O)CC(C)C)c3)C(=O)N(c3ccccc3)C2=O)cc1. The predicted molar refractivity (Wildman–Crippen MR) is 143 cm³/mol. The third kappa shape index (κ3) is 5.78. The first kappa shape index (κ1) is 25.1. The highest BCUT2D eigenvalue weighted by Crippen LogP contribution is 2.38. The van der Waals surface area contributed by atoms with Crippen molar-refractivity contribution in [3.05, 3.63) is 89.5 Å². The zero-order chi connectivity index (χ0) is 25.7. The Labute approximate surface area is 214 Å². The number of thioether (sulfide) groups is 1. The van der Waals surface area contributed by atoms with Crippen molar-refractivity contribution >= 4 is 46.5 Å². The molecular formula is C28H27N3O4S. The van der Waals surface area contributed by atoms with Crippen LogP contribution in [0.15, 0.2) is 94.4 Å². The van der Waals surface area contributed by atoms with Crippen LogP contribution in [0.1, 0.15) is 20.3 Å².